The highest BCUT2D eigenvalue weighted by Crippen LogP contribution is 2.21. The molecule has 0 fully saturated rings. The monoisotopic (exact) mass is 372 g/mol. The Morgan fingerprint density at radius 3 is 2.81 bits per heavy atom. The zero-order valence-corrected chi connectivity index (χ0v) is 14.9. The molecule has 1 heterocycles. The molecule has 8 heteroatoms. The number of ether oxygens (including phenoxy) is 1. The van der Waals surface area contributed by atoms with Crippen molar-refractivity contribution in [3.05, 3.63) is 66.2 Å². The smallest absolute Gasteiger partial charge is 0.230 e. The fourth-order valence-electron chi connectivity index (χ4n) is 2.27. The lowest BCUT2D eigenvalue weighted by molar-refractivity contribution is -0.118. The fraction of sp³-hybridized carbons (Fsp3) is 0.167. The lowest BCUT2D eigenvalue weighted by atomic mass is 10.2. The molecule has 3 aromatic rings. The highest BCUT2D eigenvalue weighted by Gasteiger charge is 2.10. The molecule has 0 spiro atoms. The highest BCUT2D eigenvalue weighted by atomic mass is 32.2. The zero-order chi connectivity index (χ0) is 18.4. The summed E-state index contributed by atoms with van der Waals surface area (Å²) in [6.07, 6.45) is 1.59. The van der Waals surface area contributed by atoms with Gasteiger partial charge in [-0.1, -0.05) is 23.9 Å². The Labute approximate surface area is 154 Å². The van der Waals surface area contributed by atoms with Crippen LogP contribution >= 0.6 is 11.8 Å². The quantitative estimate of drug-likeness (QED) is 0.646. The summed E-state index contributed by atoms with van der Waals surface area (Å²) in [4.78, 5) is 12.0. The summed E-state index contributed by atoms with van der Waals surface area (Å²) in [5.41, 5.74) is 1.59. The van der Waals surface area contributed by atoms with Crippen molar-refractivity contribution in [2.24, 2.45) is 0 Å². The first-order valence-corrected chi connectivity index (χ1v) is 8.82. The Morgan fingerprint density at radius 1 is 1.27 bits per heavy atom. The number of nitrogens with zero attached hydrogens (tertiary/aromatic N) is 3. The lowest BCUT2D eigenvalue weighted by Crippen LogP contribution is -2.24. The number of hydrogen-bond donors (Lipinski definition) is 1. The standard InChI is InChI=1S/C18H17FN4O2S/c1-25-16-7-5-15(6-8-16)23-12-21-22-18(23)26-11-17(24)20-10-13-3-2-4-14(19)9-13/h2-9,12H,10-11H2,1H3,(H,20,24). The highest BCUT2D eigenvalue weighted by molar-refractivity contribution is 7.99. The predicted molar refractivity (Wildman–Crippen MR) is 96.9 cm³/mol. The second-order valence-corrected chi connectivity index (χ2v) is 6.32. The number of rotatable bonds is 7. The summed E-state index contributed by atoms with van der Waals surface area (Å²) in [7, 11) is 1.61. The van der Waals surface area contributed by atoms with Crippen LogP contribution in [-0.4, -0.2) is 33.5 Å². The molecule has 0 saturated carbocycles. The maximum absolute atomic E-state index is 13.1. The van der Waals surface area contributed by atoms with Crippen molar-refractivity contribution in [1.82, 2.24) is 20.1 Å². The van der Waals surface area contributed by atoms with E-state index in [9.17, 15) is 9.18 Å². The van der Waals surface area contributed by atoms with Crippen LogP contribution < -0.4 is 10.1 Å². The van der Waals surface area contributed by atoms with Crippen molar-refractivity contribution in [3.63, 3.8) is 0 Å². The molecule has 0 unspecified atom stereocenters. The van der Waals surface area contributed by atoms with Gasteiger partial charge in [-0.2, -0.15) is 0 Å². The third kappa shape index (κ3) is 4.60. The number of nitrogens with one attached hydrogen (secondary N) is 1. The van der Waals surface area contributed by atoms with Crippen molar-refractivity contribution in [3.8, 4) is 11.4 Å². The van der Waals surface area contributed by atoms with E-state index in [-0.39, 0.29) is 24.0 Å². The topological polar surface area (TPSA) is 69.0 Å². The molecule has 1 N–H and O–H groups in total. The predicted octanol–water partition coefficient (Wildman–Crippen LogP) is 2.82. The molecule has 0 radical (unpaired) electrons. The molecule has 0 aliphatic rings. The van der Waals surface area contributed by atoms with Crippen molar-refractivity contribution in [2.75, 3.05) is 12.9 Å². The Hall–Kier alpha value is -2.87. The molecule has 0 aliphatic carbocycles. The molecule has 1 amide bonds. The molecule has 6 nitrogen and oxygen atoms in total. The van der Waals surface area contributed by atoms with Gasteiger partial charge < -0.3 is 10.1 Å². The largest absolute Gasteiger partial charge is 0.497 e. The van der Waals surface area contributed by atoms with Gasteiger partial charge in [0.05, 0.1) is 12.9 Å². The molecule has 2 aromatic carbocycles. The maximum atomic E-state index is 13.1. The third-order valence-electron chi connectivity index (χ3n) is 3.58. The van der Waals surface area contributed by atoms with Crippen LogP contribution in [0.4, 0.5) is 4.39 Å². The molecular weight excluding hydrogens is 355 g/mol. The van der Waals surface area contributed by atoms with Gasteiger partial charge in [0, 0.05) is 12.2 Å². The van der Waals surface area contributed by atoms with Crippen LogP contribution in [-0.2, 0) is 11.3 Å². The number of benzene rings is 2. The summed E-state index contributed by atoms with van der Waals surface area (Å²) in [5.74, 6) is 0.458. The van der Waals surface area contributed by atoms with Gasteiger partial charge in [-0.25, -0.2) is 4.39 Å². The molecule has 1 aromatic heterocycles. The minimum absolute atomic E-state index is 0.163. The van der Waals surface area contributed by atoms with Gasteiger partial charge in [0.25, 0.3) is 0 Å². The Bertz CT molecular complexity index is 883. The van der Waals surface area contributed by atoms with E-state index in [1.54, 1.807) is 30.1 Å². The third-order valence-corrected chi connectivity index (χ3v) is 4.52. The average Bonchev–Trinajstić information content (AvgIpc) is 3.13. The van der Waals surface area contributed by atoms with Crippen LogP contribution in [0.25, 0.3) is 5.69 Å². The van der Waals surface area contributed by atoms with Crippen LogP contribution in [0.2, 0.25) is 0 Å². The van der Waals surface area contributed by atoms with Gasteiger partial charge in [-0.15, -0.1) is 10.2 Å². The van der Waals surface area contributed by atoms with E-state index < -0.39 is 0 Å². The summed E-state index contributed by atoms with van der Waals surface area (Å²) in [5, 5.41) is 11.3. The number of carbonyl (C=O) groups is 1. The number of carbonyl (C=O) groups excluding carboxylic acids is 1. The number of amides is 1. The van der Waals surface area contributed by atoms with Crippen molar-refractivity contribution >= 4 is 17.7 Å². The second-order valence-electron chi connectivity index (χ2n) is 5.38. The van der Waals surface area contributed by atoms with Crippen LogP contribution in [0, 0.1) is 5.82 Å². The van der Waals surface area contributed by atoms with Gasteiger partial charge >= 0.3 is 0 Å². The first kappa shape index (κ1) is 17.9. The van der Waals surface area contributed by atoms with E-state index in [1.165, 1.54) is 23.9 Å². The van der Waals surface area contributed by atoms with Gasteiger partial charge in [-0.3, -0.25) is 9.36 Å². The number of thioether (sulfide) groups is 1. The van der Waals surface area contributed by atoms with E-state index in [0.29, 0.717) is 10.7 Å². The molecular formula is C18H17FN4O2S. The van der Waals surface area contributed by atoms with Crippen molar-refractivity contribution in [2.45, 2.75) is 11.7 Å². The van der Waals surface area contributed by atoms with Crippen LogP contribution in [0.15, 0.2) is 60.0 Å². The molecule has 26 heavy (non-hydrogen) atoms. The normalized spacial score (nSPS) is 10.5. The zero-order valence-electron chi connectivity index (χ0n) is 14.1. The number of methoxy groups -OCH3 is 1. The molecule has 3 rings (SSSR count). The molecule has 0 aliphatic heterocycles. The van der Waals surface area contributed by atoms with E-state index >= 15 is 0 Å². The summed E-state index contributed by atoms with van der Waals surface area (Å²) >= 11 is 1.28. The summed E-state index contributed by atoms with van der Waals surface area (Å²) < 4.78 is 20.1. The molecule has 0 bridgehead atoms. The van der Waals surface area contributed by atoms with Crippen LogP contribution in [0.3, 0.4) is 0 Å². The number of halogens is 1. The molecule has 0 atom stereocenters. The summed E-state index contributed by atoms with van der Waals surface area (Å²) in [6, 6.07) is 13.6. The van der Waals surface area contributed by atoms with Gasteiger partial charge in [0.15, 0.2) is 5.16 Å². The number of aromatic nitrogens is 3. The Morgan fingerprint density at radius 2 is 2.08 bits per heavy atom. The average molecular weight is 372 g/mol. The minimum Gasteiger partial charge on any atom is -0.497 e. The van der Waals surface area contributed by atoms with Crippen molar-refractivity contribution in [1.29, 1.82) is 0 Å². The van der Waals surface area contributed by atoms with E-state index in [4.69, 9.17) is 4.74 Å². The van der Waals surface area contributed by atoms with E-state index in [0.717, 1.165) is 11.4 Å². The van der Waals surface area contributed by atoms with Crippen LogP contribution in [0.5, 0.6) is 5.75 Å². The van der Waals surface area contributed by atoms with Gasteiger partial charge in [0.2, 0.25) is 5.91 Å². The lowest BCUT2D eigenvalue weighted by Gasteiger charge is -2.08. The molecule has 0 saturated heterocycles. The Kier molecular flexibility index (Phi) is 5.85. The van der Waals surface area contributed by atoms with E-state index in [1.807, 2.05) is 24.3 Å². The first-order chi connectivity index (χ1) is 12.7. The maximum Gasteiger partial charge on any atom is 0.230 e. The van der Waals surface area contributed by atoms with Crippen LogP contribution in [0.1, 0.15) is 5.56 Å². The summed E-state index contributed by atoms with van der Waals surface area (Å²) in [6.45, 7) is 0.280. The SMILES string of the molecule is COc1ccc(-n2cnnc2SCC(=O)NCc2cccc(F)c2)cc1. The molecule has 134 valence electrons. The Balaban J connectivity index is 1.56. The van der Waals surface area contributed by atoms with Crippen molar-refractivity contribution < 1.29 is 13.9 Å². The minimum atomic E-state index is -0.321. The van der Waals surface area contributed by atoms with Gasteiger partial charge in [0.1, 0.15) is 17.9 Å². The first-order valence-electron chi connectivity index (χ1n) is 7.84. The van der Waals surface area contributed by atoms with Gasteiger partial charge in [-0.05, 0) is 42.0 Å². The second kappa shape index (κ2) is 8.48. The van der Waals surface area contributed by atoms with E-state index in [2.05, 4.69) is 15.5 Å². The number of hydrogen-bond acceptors (Lipinski definition) is 5. The fourth-order valence-corrected chi connectivity index (χ4v) is 3.03.